The van der Waals surface area contributed by atoms with Gasteiger partial charge in [-0.2, -0.15) is 26.3 Å². The molecule has 4 nitrogen and oxygen atoms in total. The van der Waals surface area contributed by atoms with Crippen molar-refractivity contribution < 1.29 is 26.3 Å². The Labute approximate surface area is 153 Å². The number of hydrogen-bond acceptors (Lipinski definition) is 3. The highest BCUT2D eigenvalue weighted by Crippen LogP contribution is 2.41. The van der Waals surface area contributed by atoms with Crippen LogP contribution in [0.4, 0.5) is 31.5 Å². The number of nitrogens with two attached hydrogens (primary N) is 1. The van der Waals surface area contributed by atoms with Gasteiger partial charge in [-0.05, 0) is 48.9 Å². The minimum Gasteiger partial charge on any atom is -0.370 e. The normalized spacial score (nSPS) is 17.5. The van der Waals surface area contributed by atoms with E-state index in [0.29, 0.717) is 18.0 Å². The Balaban J connectivity index is 1.94. The monoisotopic (exact) mass is 408 g/mol. The number of aromatic nitrogens is 1. The number of aryl methyl sites for hydroxylation is 1. The fourth-order valence-electron chi connectivity index (χ4n) is 3.04. The van der Waals surface area contributed by atoms with Gasteiger partial charge in [0.1, 0.15) is 0 Å². The number of hydrogen-bond donors (Lipinski definition) is 3. The van der Waals surface area contributed by atoms with Crippen molar-refractivity contribution in [1.82, 2.24) is 4.98 Å². The Morgan fingerprint density at radius 3 is 2.22 bits per heavy atom. The van der Waals surface area contributed by atoms with Gasteiger partial charge in [-0.15, -0.1) is 11.3 Å². The molecule has 4 N–H and O–H groups in total. The third-order valence-electron chi connectivity index (χ3n) is 4.26. The van der Waals surface area contributed by atoms with Crippen LogP contribution >= 0.6 is 11.3 Å². The first kappa shape index (κ1) is 19.5. The summed E-state index contributed by atoms with van der Waals surface area (Å²) in [7, 11) is 0. The van der Waals surface area contributed by atoms with Gasteiger partial charge < -0.3 is 11.1 Å². The fourth-order valence-corrected chi connectivity index (χ4v) is 4.14. The van der Waals surface area contributed by atoms with Crippen LogP contribution in [0.2, 0.25) is 0 Å². The summed E-state index contributed by atoms with van der Waals surface area (Å²) in [6.45, 7) is 0. The lowest BCUT2D eigenvalue weighted by Crippen LogP contribution is -2.20. The number of halogens is 6. The van der Waals surface area contributed by atoms with E-state index in [4.69, 9.17) is 11.1 Å². The van der Waals surface area contributed by atoms with E-state index in [1.165, 1.54) is 11.3 Å². The van der Waals surface area contributed by atoms with E-state index in [0.717, 1.165) is 22.7 Å². The van der Waals surface area contributed by atoms with Crippen molar-refractivity contribution in [2.75, 3.05) is 5.32 Å². The molecule has 3 rings (SSSR count). The molecule has 1 atom stereocenters. The summed E-state index contributed by atoms with van der Waals surface area (Å²) in [5.41, 5.74) is 3.37. The minimum absolute atomic E-state index is 0.0114. The van der Waals surface area contributed by atoms with Gasteiger partial charge in [0.25, 0.3) is 0 Å². The summed E-state index contributed by atoms with van der Waals surface area (Å²) in [5.74, 6) is -0.781. The molecule has 0 radical (unpaired) electrons. The van der Waals surface area contributed by atoms with Gasteiger partial charge in [0.15, 0.2) is 11.1 Å². The Hall–Kier alpha value is -2.30. The van der Waals surface area contributed by atoms with Crippen LogP contribution in [-0.4, -0.2) is 10.9 Å². The molecule has 1 aromatic heterocycles. The number of fused-ring (bicyclic) bond motifs is 1. The van der Waals surface area contributed by atoms with E-state index in [9.17, 15) is 26.3 Å². The molecule has 0 bridgehead atoms. The van der Waals surface area contributed by atoms with E-state index in [2.05, 4.69) is 10.3 Å². The van der Waals surface area contributed by atoms with Crippen LogP contribution in [0.3, 0.4) is 0 Å². The van der Waals surface area contributed by atoms with Crippen LogP contribution in [-0.2, 0) is 25.2 Å². The van der Waals surface area contributed by atoms with E-state index in [-0.39, 0.29) is 24.0 Å². The number of anilines is 1. The molecule has 11 heteroatoms. The van der Waals surface area contributed by atoms with Gasteiger partial charge in [-0.3, -0.25) is 5.41 Å². The highest BCUT2D eigenvalue weighted by molar-refractivity contribution is 7.15. The second kappa shape index (κ2) is 6.70. The van der Waals surface area contributed by atoms with Gasteiger partial charge in [0.05, 0.1) is 16.8 Å². The molecule has 0 fully saturated rings. The van der Waals surface area contributed by atoms with Gasteiger partial charge >= 0.3 is 12.4 Å². The summed E-state index contributed by atoms with van der Waals surface area (Å²) in [5, 5.41) is 10.1. The maximum absolute atomic E-state index is 13.1. The molecule has 0 saturated heterocycles. The van der Waals surface area contributed by atoms with Crippen molar-refractivity contribution in [3.05, 3.63) is 45.5 Å². The minimum atomic E-state index is -4.86. The summed E-state index contributed by atoms with van der Waals surface area (Å²) in [4.78, 5) is 5.02. The van der Waals surface area contributed by atoms with Crippen LogP contribution < -0.4 is 11.1 Å². The number of nitrogens with one attached hydrogen (secondary N) is 2. The molecule has 0 saturated carbocycles. The first-order valence-corrected chi connectivity index (χ1v) is 8.64. The molecular formula is C16H14F6N4S. The highest BCUT2D eigenvalue weighted by Gasteiger charge is 2.38. The zero-order chi connectivity index (χ0) is 20.0. The molecule has 0 spiro atoms. The third kappa shape index (κ3) is 4.34. The Morgan fingerprint density at radius 1 is 1.11 bits per heavy atom. The molecular weight excluding hydrogens is 394 g/mol. The first-order chi connectivity index (χ1) is 12.4. The predicted molar refractivity (Wildman–Crippen MR) is 88.9 cm³/mol. The second-order valence-electron chi connectivity index (χ2n) is 6.21. The molecule has 0 amide bonds. The van der Waals surface area contributed by atoms with Gasteiger partial charge in [-0.1, -0.05) is 0 Å². The number of guanidine groups is 1. The molecule has 1 aliphatic rings. The number of thiazole rings is 1. The van der Waals surface area contributed by atoms with Crippen LogP contribution in [0.1, 0.15) is 39.6 Å². The smallest absolute Gasteiger partial charge is 0.370 e. The van der Waals surface area contributed by atoms with Crippen molar-refractivity contribution in [2.24, 2.45) is 5.73 Å². The average Bonchev–Trinajstić information content (AvgIpc) is 2.93. The standard InChI is InChI=1S/C16H14F6N4S/c17-15(18,19)9-3-8(4-10(6-9)16(20,21)22)7-1-2-11-12(5-7)27-14(25-11)26-13(23)24/h3-4,6-7H,1-2,5H2,(H4,23,24,25,26). The van der Waals surface area contributed by atoms with Crippen molar-refractivity contribution in [3.8, 4) is 0 Å². The molecule has 27 heavy (non-hydrogen) atoms. The molecule has 1 aromatic carbocycles. The number of nitrogens with zero attached hydrogens (tertiary/aromatic N) is 1. The molecule has 1 aliphatic carbocycles. The SMILES string of the molecule is N=C(N)Nc1nc2c(s1)CC(c1cc(C(F)(F)F)cc(C(F)(F)F)c1)CC2. The number of rotatable bonds is 2. The summed E-state index contributed by atoms with van der Waals surface area (Å²) in [6, 6.07) is 1.72. The van der Waals surface area contributed by atoms with Gasteiger partial charge in [0.2, 0.25) is 0 Å². The lowest BCUT2D eigenvalue weighted by Gasteiger charge is -2.23. The average molecular weight is 408 g/mol. The van der Waals surface area contributed by atoms with Crippen molar-refractivity contribution in [2.45, 2.75) is 37.5 Å². The Morgan fingerprint density at radius 2 is 1.70 bits per heavy atom. The fraction of sp³-hybridized carbons (Fsp3) is 0.375. The van der Waals surface area contributed by atoms with Gasteiger partial charge in [0, 0.05) is 4.88 Å². The number of alkyl halides is 6. The quantitative estimate of drug-likeness (QED) is 0.381. The summed E-state index contributed by atoms with van der Waals surface area (Å²) >= 11 is 1.19. The third-order valence-corrected chi connectivity index (χ3v) is 5.30. The van der Waals surface area contributed by atoms with Crippen molar-refractivity contribution in [1.29, 1.82) is 5.41 Å². The Bertz CT molecular complexity index is 839. The predicted octanol–water partition coefficient (Wildman–Crippen LogP) is 4.76. The largest absolute Gasteiger partial charge is 0.416 e. The van der Waals surface area contributed by atoms with Crippen LogP contribution in [0.25, 0.3) is 0 Å². The van der Waals surface area contributed by atoms with E-state index >= 15 is 0 Å². The van der Waals surface area contributed by atoms with E-state index < -0.39 is 29.4 Å². The van der Waals surface area contributed by atoms with Crippen molar-refractivity contribution in [3.63, 3.8) is 0 Å². The maximum Gasteiger partial charge on any atom is 0.416 e. The zero-order valence-electron chi connectivity index (χ0n) is 13.6. The van der Waals surface area contributed by atoms with Crippen molar-refractivity contribution >= 4 is 22.4 Å². The topological polar surface area (TPSA) is 74.8 Å². The van der Waals surface area contributed by atoms with Crippen LogP contribution in [0.15, 0.2) is 18.2 Å². The lowest BCUT2D eigenvalue weighted by atomic mass is 9.84. The summed E-state index contributed by atoms with van der Waals surface area (Å²) < 4.78 is 78.3. The molecule has 146 valence electrons. The van der Waals surface area contributed by atoms with Crippen LogP contribution in [0.5, 0.6) is 0 Å². The molecule has 2 aromatic rings. The molecule has 1 unspecified atom stereocenters. The highest BCUT2D eigenvalue weighted by atomic mass is 32.1. The second-order valence-corrected chi connectivity index (χ2v) is 7.29. The van der Waals surface area contributed by atoms with Gasteiger partial charge in [-0.25, -0.2) is 4.98 Å². The lowest BCUT2D eigenvalue weighted by molar-refractivity contribution is -0.143. The summed E-state index contributed by atoms with van der Waals surface area (Å²) in [6.07, 6.45) is -8.63. The number of benzene rings is 1. The van der Waals surface area contributed by atoms with E-state index in [1.807, 2.05) is 0 Å². The first-order valence-electron chi connectivity index (χ1n) is 7.82. The Kier molecular flexibility index (Phi) is 4.83. The zero-order valence-corrected chi connectivity index (χ0v) is 14.4. The molecule has 1 heterocycles. The molecule has 0 aliphatic heterocycles. The maximum atomic E-state index is 13.1. The van der Waals surface area contributed by atoms with E-state index in [1.54, 1.807) is 0 Å². The van der Waals surface area contributed by atoms with Crippen LogP contribution in [0, 0.1) is 5.41 Å².